The number of likely N-dealkylation sites (tertiary alicyclic amines) is 1. The predicted molar refractivity (Wildman–Crippen MR) is 101 cm³/mol. The Balaban J connectivity index is 1.70. The summed E-state index contributed by atoms with van der Waals surface area (Å²) in [6.45, 7) is 3.98. The number of aliphatic hydroxyl groups excluding tert-OH is 1. The number of rotatable bonds is 3. The van der Waals surface area contributed by atoms with E-state index >= 15 is 0 Å². The van der Waals surface area contributed by atoms with Crippen LogP contribution in [-0.4, -0.2) is 55.8 Å². The summed E-state index contributed by atoms with van der Waals surface area (Å²) in [7, 11) is 0. The van der Waals surface area contributed by atoms with E-state index in [1.807, 2.05) is 0 Å². The number of carbonyl (C=O) groups excluding carboxylic acids is 1. The van der Waals surface area contributed by atoms with E-state index in [2.05, 4.69) is 21.8 Å². The van der Waals surface area contributed by atoms with E-state index in [-0.39, 0.29) is 11.8 Å². The van der Waals surface area contributed by atoms with Crippen LogP contribution < -0.4 is 0 Å². The van der Waals surface area contributed by atoms with Gasteiger partial charge in [0, 0.05) is 48.7 Å². The van der Waals surface area contributed by atoms with Gasteiger partial charge in [0.2, 0.25) is 0 Å². The lowest BCUT2D eigenvalue weighted by molar-refractivity contribution is 0.0764. The molecule has 0 radical (unpaired) electrons. The second-order valence-electron chi connectivity index (χ2n) is 7.33. The van der Waals surface area contributed by atoms with E-state index in [1.54, 1.807) is 61.6 Å². The van der Waals surface area contributed by atoms with Gasteiger partial charge in [-0.2, -0.15) is 0 Å². The minimum Gasteiger partial charge on any atom is -0.391 e. The van der Waals surface area contributed by atoms with Gasteiger partial charge in [-0.15, -0.1) is 0 Å². The van der Waals surface area contributed by atoms with E-state index in [4.69, 9.17) is 0 Å². The first-order valence-electron chi connectivity index (χ1n) is 8.90. The highest BCUT2D eigenvalue weighted by Crippen LogP contribution is 2.22. The van der Waals surface area contributed by atoms with E-state index in [0.29, 0.717) is 30.6 Å². The first-order valence-corrected chi connectivity index (χ1v) is 8.90. The number of nitrogens with zero attached hydrogens (tertiary/aromatic N) is 3. The summed E-state index contributed by atoms with van der Waals surface area (Å²) in [4.78, 5) is 22.8. The van der Waals surface area contributed by atoms with Crippen molar-refractivity contribution in [3.63, 3.8) is 0 Å². The summed E-state index contributed by atoms with van der Waals surface area (Å²) in [6.07, 6.45) is 4.91. The fourth-order valence-corrected chi connectivity index (χ4v) is 3.06. The van der Waals surface area contributed by atoms with Gasteiger partial charge in [-0.25, -0.2) is 0 Å². The van der Waals surface area contributed by atoms with Crippen LogP contribution >= 0.6 is 0 Å². The summed E-state index contributed by atoms with van der Waals surface area (Å²) in [6, 6.07) is 7.01. The molecule has 2 heterocycles. The molecular formula is C21H23N3O3. The highest BCUT2D eigenvalue weighted by Gasteiger charge is 2.34. The summed E-state index contributed by atoms with van der Waals surface area (Å²) < 4.78 is 0. The lowest BCUT2D eigenvalue weighted by atomic mass is 10.0. The third kappa shape index (κ3) is 5.13. The van der Waals surface area contributed by atoms with Gasteiger partial charge in [0.05, 0.1) is 11.8 Å². The molecular weight excluding hydrogens is 342 g/mol. The zero-order chi connectivity index (χ0) is 19.4. The van der Waals surface area contributed by atoms with E-state index in [9.17, 15) is 15.0 Å². The third-order valence-corrected chi connectivity index (χ3v) is 4.40. The molecule has 2 aromatic rings. The SMILES string of the molecule is CC(C)(O)C#Cc1cccc(C(=O)N2C[C@@H](Cc3cnccn3)[C@H](O)C2)c1. The molecule has 140 valence electrons. The first-order chi connectivity index (χ1) is 12.8. The molecule has 1 aromatic heterocycles. The Morgan fingerprint density at radius 1 is 1.33 bits per heavy atom. The van der Waals surface area contributed by atoms with Crippen LogP contribution in [0.25, 0.3) is 0 Å². The van der Waals surface area contributed by atoms with Crippen molar-refractivity contribution in [2.45, 2.75) is 32.0 Å². The number of carbonyl (C=O) groups is 1. The molecule has 3 rings (SSSR count). The van der Waals surface area contributed by atoms with Gasteiger partial charge >= 0.3 is 0 Å². The molecule has 1 saturated heterocycles. The van der Waals surface area contributed by atoms with Crippen LogP contribution in [0.1, 0.15) is 35.5 Å². The first kappa shape index (κ1) is 19.0. The van der Waals surface area contributed by atoms with Crippen molar-refractivity contribution in [1.29, 1.82) is 0 Å². The molecule has 2 N–H and O–H groups in total. The lowest BCUT2D eigenvalue weighted by Gasteiger charge is -2.16. The zero-order valence-electron chi connectivity index (χ0n) is 15.5. The fraction of sp³-hybridized carbons (Fsp3) is 0.381. The van der Waals surface area contributed by atoms with Gasteiger partial charge in [-0.1, -0.05) is 17.9 Å². The molecule has 0 saturated carbocycles. The molecule has 6 heteroatoms. The summed E-state index contributed by atoms with van der Waals surface area (Å²) in [5.74, 6) is 5.43. The third-order valence-electron chi connectivity index (χ3n) is 4.40. The largest absolute Gasteiger partial charge is 0.391 e. The van der Waals surface area contributed by atoms with Gasteiger partial charge < -0.3 is 15.1 Å². The second kappa shape index (κ2) is 7.87. The standard InChI is InChI=1S/C21H23N3O3/c1-21(2,27)7-6-15-4-3-5-16(10-15)20(26)24-13-17(19(25)14-24)11-18-12-22-8-9-23-18/h3-5,8-10,12,17,19,25,27H,11,13-14H2,1-2H3/t17-,19-/m1/s1. The fourth-order valence-electron chi connectivity index (χ4n) is 3.06. The quantitative estimate of drug-likeness (QED) is 0.800. The van der Waals surface area contributed by atoms with Crippen molar-refractivity contribution in [2.24, 2.45) is 5.92 Å². The zero-order valence-corrected chi connectivity index (χ0v) is 15.5. The Labute approximate surface area is 158 Å². The number of hydrogen-bond acceptors (Lipinski definition) is 5. The molecule has 6 nitrogen and oxygen atoms in total. The Morgan fingerprint density at radius 2 is 2.15 bits per heavy atom. The van der Waals surface area contributed by atoms with Gasteiger partial charge in [-0.05, 0) is 38.5 Å². The van der Waals surface area contributed by atoms with E-state index < -0.39 is 11.7 Å². The minimum absolute atomic E-state index is 0.0659. The van der Waals surface area contributed by atoms with Crippen LogP contribution in [0.15, 0.2) is 42.9 Å². The topological polar surface area (TPSA) is 86.5 Å². The minimum atomic E-state index is -1.09. The van der Waals surface area contributed by atoms with Gasteiger partial charge in [0.1, 0.15) is 5.60 Å². The second-order valence-corrected chi connectivity index (χ2v) is 7.33. The van der Waals surface area contributed by atoms with E-state index in [0.717, 1.165) is 5.69 Å². The Hall–Kier alpha value is -2.75. The molecule has 1 fully saturated rings. The molecule has 0 aliphatic carbocycles. The van der Waals surface area contributed by atoms with Crippen LogP contribution in [0.3, 0.4) is 0 Å². The Morgan fingerprint density at radius 3 is 2.85 bits per heavy atom. The highest BCUT2D eigenvalue weighted by molar-refractivity contribution is 5.94. The molecule has 0 spiro atoms. The number of benzene rings is 1. The molecule has 1 aromatic carbocycles. The monoisotopic (exact) mass is 365 g/mol. The van der Waals surface area contributed by atoms with Crippen LogP contribution in [0.4, 0.5) is 0 Å². The van der Waals surface area contributed by atoms with Gasteiger partial charge in [-0.3, -0.25) is 14.8 Å². The summed E-state index contributed by atoms with van der Waals surface area (Å²) >= 11 is 0. The number of hydrogen-bond donors (Lipinski definition) is 2. The smallest absolute Gasteiger partial charge is 0.253 e. The molecule has 1 aliphatic heterocycles. The number of β-amino-alcohol motifs (C(OH)–C–C–N with tert-alkyl or cyclic N) is 1. The Bertz CT molecular complexity index is 865. The van der Waals surface area contributed by atoms with Crippen LogP contribution in [0.2, 0.25) is 0 Å². The average molecular weight is 365 g/mol. The van der Waals surface area contributed by atoms with Crippen molar-refractivity contribution in [3.05, 3.63) is 59.7 Å². The van der Waals surface area contributed by atoms with Crippen molar-refractivity contribution in [2.75, 3.05) is 13.1 Å². The number of aliphatic hydroxyl groups is 2. The normalized spacial score (nSPS) is 19.5. The molecule has 0 bridgehead atoms. The van der Waals surface area contributed by atoms with E-state index in [1.165, 1.54) is 0 Å². The summed E-state index contributed by atoms with van der Waals surface area (Å²) in [5, 5.41) is 20.1. The molecule has 1 amide bonds. The van der Waals surface area contributed by atoms with Gasteiger partial charge in [0.25, 0.3) is 5.91 Å². The van der Waals surface area contributed by atoms with Crippen molar-refractivity contribution < 1.29 is 15.0 Å². The maximum atomic E-state index is 12.8. The van der Waals surface area contributed by atoms with Crippen LogP contribution in [0.5, 0.6) is 0 Å². The molecule has 27 heavy (non-hydrogen) atoms. The maximum absolute atomic E-state index is 12.8. The van der Waals surface area contributed by atoms with Crippen LogP contribution in [-0.2, 0) is 6.42 Å². The maximum Gasteiger partial charge on any atom is 0.253 e. The summed E-state index contributed by atoms with van der Waals surface area (Å²) in [5.41, 5.74) is 0.899. The number of aromatic nitrogens is 2. The number of amides is 1. The van der Waals surface area contributed by atoms with Crippen molar-refractivity contribution in [1.82, 2.24) is 14.9 Å². The molecule has 0 unspecified atom stereocenters. The van der Waals surface area contributed by atoms with Gasteiger partial charge in [0.15, 0.2) is 0 Å². The molecule has 2 atom stereocenters. The lowest BCUT2D eigenvalue weighted by Crippen LogP contribution is -2.29. The molecule has 1 aliphatic rings. The predicted octanol–water partition coefficient (Wildman–Crippen LogP) is 1.27. The average Bonchev–Trinajstić information content (AvgIpc) is 3.00. The van der Waals surface area contributed by atoms with Crippen LogP contribution in [0, 0.1) is 17.8 Å². The Kier molecular flexibility index (Phi) is 5.54. The highest BCUT2D eigenvalue weighted by atomic mass is 16.3. The van der Waals surface area contributed by atoms with Crippen molar-refractivity contribution in [3.8, 4) is 11.8 Å². The van der Waals surface area contributed by atoms with Crippen molar-refractivity contribution >= 4 is 5.91 Å².